The summed E-state index contributed by atoms with van der Waals surface area (Å²) in [5.74, 6) is 0. The van der Waals surface area contributed by atoms with Crippen molar-refractivity contribution in [3.8, 4) is 0 Å². The van der Waals surface area contributed by atoms with Gasteiger partial charge in [-0.15, -0.1) is 0 Å². The molecular weight excluding hydrogens is 204 g/mol. The van der Waals surface area contributed by atoms with Crippen molar-refractivity contribution in [2.75, 3.05) is 0 Å². The van der Waals surface area contributed by atoms with Crippen LogP contribution in [0, 0.1) is 20.8 Å². The summed E-state index contributed by atoms with van der Waals surface area (Å²) in [6.07, 6.45) is 0. The quantitative estimate of drug-likeness (QED) is 0.555. The predicted octanol–water partition coefficient (Wildman–Crippen LogP) is 5.57. The normalized spacial score (nSPS) is 7.94. The largest absolute Gasteiger partial charge is 0.0776 e. The summed E-state index contributed by atoms with van der Waals surface area (Å²) >= 11 is 0. The molecule has 2 aromatic rings. The zero-order valence-electron chi connectivity index (χ0n) is 9.70. The van der Waals surface area contributed by atoms with Gasteiger partial charge in [-0.25, -0.2) is 0 Å². The highest BCUT2D eigenvalue weighted by atomic mass is 13.9. The fourth-order valence-corrected chi connectivity index (χ4v) is 1.17. The summed E-state index contributed by atoms with van der Waals surface area (Å²) in [7, 11) is 0. The summed E-state index contributed by atoms with van der Waals surface area (Å²) in [4.78, 5) is 0. The Kier molecular flexibility index (Phi) is 10.1. The van der Waals surface area contributed by atoms with Gasteiger partial charge in [-0.05, 0) is 20.8 Å². The van der Waals surface area contributed by atoms with Gasteiger partial charge in [0.25, 0.3) is 0 Å². The Balaban J connectivity index is 0. The molecule has 0 saturated heterocycles. The Morgan fingerprint density at radius 1 is 0.471 bits per heavy atom. The molecule has 0 aromatic heterocycles. The van der Waals surface area contributed by atoms with E-state index in [1.807, 2.05) is 18.2 Å². The second kappa shape index (κ2) is 9.65. The van der Waals surface area contributed by atoms with Gasteiger partial charge in [-0.1, -0.05) is 86.1 Å². The van der Waals surface area contributed by atoms with Crippen LogP contribution in [0.4, 0.5) is 0 Å². The minimum absolute atomic E-state index is 0. The molecule has 0 spiro atoms. The lowest BCUT2D eigenvalue weighted by molar-refractivity contribution is 1.40. The maximum atomic E-state index is 2.12. The van der Waals surface area contributed by atoms with Crippen LogP contribution >= 0.6 is 0 Å². The Labute approximate surface area is 107 Å². The van der Waals surface area contributed by atoms with Crippen LogP contribution in [0.25, 0.3) is 0 Å². The van der Waals surface area contributed by atoms with Crippen molar-refractivity contribution in [3.63, 3.8) is 0 Å². The molecule has 0 heteroatoms. The van der Waals surface area contributed by atoms with E-state index in [2.05, 4.69) is 57.2 Å². The van der Waals surface area contributed by atoms with Crippen LogP contribution in [-0.2, 0) is 0 Å². The van der Waals surface area contributed by atoms with E-state index < -0.39 is 0 Å². The standard InChI is InChI=1S/C8H10.C7H8.2CH4/c1-7-3-5-8(2)6-4-7;1-7-5-3-2-4-6-7;;/h3-6H,1-2H3;2-6H,1H3;2*1H4. The first-order valence-corrected chi connectivity index (χ1v) is 5.23. The highest BCUT2D eigenvalue weighted by Gasteiger charge is 1.79. The summed E-state index contributed by atoms with van der Waals surface area (Å²) < 4.78 is 0. The van der Waals surface area contributed by atoms with Gasteiger partial charge in [0.15, 0.2) is 0 Å². The van der Waals surface area contributed by atoms with Crippen molar-refractivity contribution in [2.45, 2.75) is 35.6 Å². The minimum atomic E-state index is 0. The first-order chi connectivity index (χ1) is 7.18. The summed E-state index contributed by atoms with van der Waals surface area (Å²) in [6, 6.07) is 18.7. The van der Waals surface area contributed by atoms with Crippen LogP contribution in [0.1, 0.15) is 31.5 Å². The van der Waals surface area contributed by atoms with E-state index in [9.17, 15) is 0 Å². The van der Waals surface area contributed by atoms with Crippen molar-refractivity contribution < 1.29 is 0 Å². The third-order valence-electron chi connectivity index (χ3n) is 2.16. The molecule has 0 nitrogen and oxygen atoms in total. The maximum absolute atomic E-state index is 2.12. The van der Waals surface area contributed by atoms with E-state index in [1.165, 1.54) is 16.7 Å². The van der Waals surface area contributed by atoms with Crippen LogP contribution in [0.5, 0.6) is 0 Å². The molecule has 2 aromatic carbocycles. The fourth-order valence-electron chi connectivity index (χ4n) is 1.17. The van der Waals surface area contributed by atoms with Gasteiger partial charge in [0.2, 0.25) is 0 Å². The molecule has 0 fully saturated rings. The first kappa shape index (κ1) is 17.8. The third-order valence-corrected chi connectivity index (χ3v) is 2.16. The maximum Gasteiger partial charge on any atom is -0.0398 e. The highest BCUT2D eigenvalue weighted by molar-refractivity contribution is 5.19. The van der Waals surface area contributed by atoms with Crippen LogP contribution in [0.15, 0.2) is 54.6 Å². The molecule has 0 atom stereocenters. The minimum Gasteiger partial charge on any atom is -0.0776 e. The van der Waals surface area contributed by atoms with Gasteiger partial charge in [-0.3, -0.25) is 0 Å². The lowest BCUT2D eigenvalue weighted by atomic mass is 10.2. The Bertz CT molecular complexity index is 350. The summed E-state index contributed by atoms with van der Waals surface area (Å²) in [5, 5.41) is 0. The second-order valence-electron chi connectivity index (χ2n) is 3.81. The second-order valence-corrected chi connectivity index (χ2v) is 3.81. The van der Waals surface area contributed by atoms with Crippen molar-refractivity contribution in [1.82, 2.24) is 0 Å². The van der Waals surface area contributed by atoms with Gasteiger partial charge in [0.1, 0.15) is 0 Å². The summed E-state index contributed by atoms with van der Waals surface area (Å²) in [5.41, 5.74) is 3.98. The first-order valence-electron chi connectivity index (χ1n) is 5.23. The molecule has 0 radical (unpaired) electrons. The Hall–Kier alpha value is -1.56. The van der Waals surface area contributed by atoms with E-state index in [4.69, 9.17) is 0 Å². The van der Waals surface area contributed by atoms with Gasteiger partial charge >= 0.3 is 0 Å². The lowest BCUT2D eigenvalue weighted by Gasteiger charge is -1.90. The molecule has 0 unspecified atom stereocenters. The average Bonchev–Trinajstić information content (AvgIpc) is 2.25. The zero-order valence-corrected chi connectivity index (χ0v) is 9.70. The summed E-state index contributed by atoms with van der Waals surface area (Å²) in [6.45, 7) is 6.28. The highest BCUT2D eigenvalue weighted by Crippen LogP contribution is 1.99. The molecule has 0 N–H and O–H groups in total. The topological polar surface area (TPSA) is 0 Å². The van der Waals surface area contributed by atoms with E-state index in [0.717, 1.165) is 0 Å². The van der Waals surface area contributed by atoms with Crippen molar-refractivity contribution in [3.05, 3.63) is 71.3 Å². The van der Waals surface area contributed by atoms with E-state index in [1.54, 1.807) is 0 Å². The fraction of sp³-hybridized carbons (Fsp3) is 0.294. The van der Waals surface area contributed by atoms with Crippen LogP contribution in [-0.4, -0.2) is 0 Å². The molecule has 2 rings (SSSR count). The van der Waals surface area contributed by atoms with Gasteiger partial charge in [-0.2, -0.15) is 0 Å². The van der Waals surface area contributed by atoms with Crippen molar-refractivity contribution in [1.29, 1.82) is 0 Å². The molecule has 0 saturated carbocycles. The van der Waals surface area contributed by atoms with Crippen LogP contribution < -0.4 is 0 Å². The molecule has 0 aliphatic heterocycles. The molecule has 17 heavy (non-hydrogen) atoms. The van der Waals surface area contributed by atoms with E-state index in [-0.39, 0.29) is 14.9 Å². The molecule has 0 heterocycles. The predicted molar refractivity (Wildman–Crippen MR) is 80.6 cm³/mol. The number of hydrogen-bond donors (Lipinski definition) is 0. The van der Waals surface area contributed by atoms with Gasteiger partial charge in [0, 0.05) is 0 Å². The number of hydrogen-bond acceptors (Lipinski definition) is 0. The third kappa shape index (κ3) is 8.27. The van der Waals surface area contributed by atoms with Gasteiger partial charge in [0.05, 0.1) is 0 Å². The zero-order chi connectivity index (χ0) is 11.1. The Morgan fingerprint density at radius 3 is 1.00 bits per heavy atom. The van der Waals surface area contributed by atoms with Crippen LogP contribution in [0.2, 0.25) is 0 Å². The lowest BCUT2D eigenvalue weighted by Crippen LogP contribution is -1.70. The van der Waals surface area contributed by atoms with Crippen LogP contribution in [0.3, 0.4) is 0 Å². The molecule has 0 bridgehead atoms. The molecule has 0 amide bonds. The van der Waals surface area contributed by atoms with E-state index >= 15 is 0 Å². The average molecular weight is 230 g/mol. The SMILES string of the molecule is C.C.Cc1ccc(C)cc1.Cc1ccccc1. The number of aryl methyl sites for hydroxylation is 3. The molecular formula is C17H26. The Morgan fingerprint density at radius 2 is 0.765 bits per heavy atom. The van der Waals surface area contributed by atoms with Crippen molar-refractivity contribution >= 4 is 0 Å². The van der Waals surface area contributed by atoms with E-state index in [0.29, 0.717) is 0 Å². The van der Waals surface area contributed by atoms with Gasteiger partial charge < -0.3 is 0 Å². The van der Waals surface area contributed by atoms with Crippen molar-refractivity contribution in [2.24, 2.45) is 0 Å². The molecule has 0 aliphatic rings. The molecule has 0 aliphatic carbocycles. The monoisotopic (exact) mass is 230 g/mol. The number of benzene rings is 2. The number of rotatable bonds is 0. The smallest absolute Gasteiger partial charge is 0.0398 e. The molecule has 94 valence electrons.